The zero-order valence-electron chi connectivity index (χ0n) is 23.5. The van der Waals surface area contributed by atoms with Crippen LogP contribution in [-0.4, -0.2) is 81.2 Å². The van der Waals surface area contributed by atoms with Crippen LogP contribution >= 0.6 is 0 Å². The third-order valence-corrected chi connectivity index (χ3v) is 7.58. The van der Waals surface area contributed by atoms with Crippen molar-refractivity contribution in [3.05, 3.63) is 35.8 Å². The molecule has 10 heteroatoms. The highest BCUT2D eigenvalue weighted by molar-refractivity contribution is 6.22. The van der Waals surface area contributed by atoms with Gasteiger partial charge in [0.2, 0.25) is 0 Å². The highest BCUT2D eigenvalue weighted by Gasteiger charge is 2.53. The summed E-state index contributed by atoms with van der Waals surface area (Å²) >= 11 is 0. The molecule has 0 bridgehead atoms. The van der Waals surface area contributed by atoms with Crippen molar-refractivity contribution >= 4 is 22.9 Å². The minimum Gasteiger partial charge on any atom is -0.494 e. The predicted molar refractivity (Wildman–Crippen MR) is 147 cm³/mol. The minimum atomic E-state index is -0.502. The van der Waals surface area contributed by atoms with E-state index in [-0.39, 0.29) is 17.7 Å². The third kappa shape index (κ3) is 5.20. The van der Waals surface area contributed by atoms with Gasteiger partial charge in [0.25, 0.3) is 0 Å². The number of ether oxygens (including phenoxy) is 2. The van der Waals surface area contributed by atoms with Crippen LogP contribution in [0.25, 0.3) is 11.1 Å². The molecule has 1 unspecified atom stereocenters. The van der Waals surface area contributed by atoms with Gasteiger partial charge in [-0.25, -0.2) is 9.31 Å². The number of hydrogen-bond donors (Lipinski definition) is 1. The van der Waals surface area contributed by atoms with Gasteiger partial charge in [-0.15, -0.1) is 0 Å². The van der Waals surface area contributed by atoms with Crippen LogP contribution in [0.5, 0.6) is 5.75 Å². The summed E-state index contributed by atoms with van der Waals surface area (Å²) in [5, 5.41) is 13.7. The van der Waals surface area contributed by atoms with E-state index in [9.17, 15) is 10.1 Å². The monoisotopic (exact) mass is 521 g/mol. The molecule has 1 atom stereocenters. The third-order valence-electron chi connectivity index (χ3n) is 7.58. The Morgan fingerprint density at radius 3 is 2.55 bits per heavy atom. The van der Waals surface area contributed by atoms with Crippen molar-refractivity contribution in [1.29, 1.82) is 5.26 Å². The van der Waals surface area contributed by atoms with Crippen molar-refractivity contribution in [2.45, 2.75) is 77.6 Å². The molecule has 0 saturated carbocycles. The molecular weight excluding hydrogens is 482 g/mol. The van der Waals surface area contributed by atoms with Gasteiger partial charge in [0.1, 0.15) is 28.5 Å². The SMILES string of the molecule is COc1cc(/C(=C/N)C(C)=NC2CCN(C3CN(C(=O)OC(C)(C)C)C3(C)C)CC2)cn2ncc(C#N)c12. The summed E-state index contributed by atoms with van der Waals surface area (Å²) in [4.78, 5) is 22.0. The summed E-state index contributed by atoms with van der Waals surface area (Å²) in [6.45, 7) is 14.4. The number of fused-ring (bicyclic) bond motifs is 1. The number of piperidine rings is 1. The van der Waals surface area contributed by atoms with E-state index in [1.165, 1.54) is 6.20 Å². The number of nitrogens with two attached hydrogens (primary N) is 1. The first-order valence-corrected chi connectivity index (χ1v) is 13.1. The molecule has 0 spiro atoms. The van der Waals surface area contributed by atoms with Gasteiger partial charge in [-0.3, -0.25) is 14.8 Å². The molecule has 2 N–H and O–H groups in total. The Bertz CT molecular complexity index is 1300. The average Bonchev–Trinajstić information content (AvgIpc) is 3.26. The number of amides is 1. The van der Waals surface area contributed by atoms with Crippen LogP contribution in [0.4, 0.5) is 4.79 Å². The fraction of sp³-hybridized carbons (Fsp3) is 0.571. The van der Waals surface area contributed by atoms with Crippen LogP contribution < -0.4 is 10.5 Å². The molecule has 38 heavy (non-hydrogen) atoms. The van der Waals surface area contributed by atoms with Gasteiger partial charge < -0.3 is 15.2 Å². The first-order valence-electron chi connectivity index (χ1n) is 13.1. The Labute approximate surface area is 224 Å². The van der Waals surface area contributed by atoms with Crippen LogP contribution in [0.3, 0.4) is 0 Å². The van der Waals surface area contributed by atoms with Gasteiger partial charge in [-0.1, -0.05) is 0 Å². The minimum absolute atomic E-state index is 0.187. The lowest BCUT2D eigenvalue weighted by molar-refractivity contribution is -0.0935. The number of allylic oxidation sites excluding steroid dienone is 1. The summed E-state index contributed by atoms with van der Waals surface area (Å²) in [5.41, 5.74) is 8.82. The molecule has 2 aromatic heterocycles. The van der Waals surface area contributed by atoms with E-state index in [0.29, 0.717) is 29.4 Å². The number of pyridine rings is 1. The lowest BCUT2D eigenvalue weighted by atomic mass is 9.81. The Morgan fingerprint density at radius 2 is 2.00 bits per heavy atom. The van der Waals surface area contributed by atoms with E-state index in [0.717, 1.165) is 42.8 Å². The van der Waals surface area contributed by atoms with E-state index < -0.39 is 5.60 Å². The van der Waals surface area contributed by atoms with Crippen molar-refractivity contribution in [2.75, 3.05) is 26.7 Å². The summed E-state index contributed by atoms with van der Waals surface area (Å²) in [6, 6.07) is 4.50. The van der Waals surface area contributed by atoms with Crippen molar-refractivity contribution in [2.24, 2.45) is 10.7 Å². The summed E-state index contributed by atoms with van der Waals surface area (Å²) in [5.74, 6) is 0.556. The number of carbonyl (C=O) groups is 1. The first kappa shape index (κ1) is 27.5. The van der Waals surface area contributed by atoms with Crippen molar-refractivity contribution in [1.82, 2.24) is 19.4 Å². The van der Waals surface area contributed by atoms with E-state index in [4.69, 9.17) is 20.2 Å². The Kier molecular flexibility index (Phi) is 7.44. The molecule has 2 aromatic rings. The van der Waals surface area contributed by atoms with Crippen molar-refractivity contribution in [3.63, 3.8) is 0 Å². The van der Waals surface area contributed by atoms with Crippen LogP contribution in [0, 0.1) is 11.3 Å². The molecular formula is C28H39N7O3. The zero-order chi connectivity index (χ0) is 27.8. The molecule has 204 valence electrons. The fourth-order valence-corrected chi connectivity index (χ4v) is 5.45. The molecule has 1 amide bonds. The number of likely N-dealkylation sites (tertiary alicyclic amines) is 2. The number of aliphatic imine (C=N–C) groups is 1. The molecule has 4 rings (SSSR count). The van der Waals surface area contributed by atoms with Gasteiger partial charge in [-0.2, -0.15) is 10.4 Å². The molecule has 0 radical (unpaired) electrons. The quantitative estimate of drug-likeness (QED) is 0.593. The number of nitriles is 1. The highest BCUT2D eigenvalue weighted by atomic mass is 16.6. The predicted octanol–water partition coefficient (Wildman–Crippen LogP) is 3.84. The lowest BCUT2D eigenvalue weighted by Crippen LogP contribution is -2.75. The lowest BCUT2D eigenvalue weighted by Gasteiger charge is -2.59. The smallest absolute Gasteiger partial charge is 0.410 e. The second-order valence-corrected chi connectivity index (χ2v) is 11.6. The normalized spacial score (nSPS) is 21.2. The number of hydrogen-bond acceptors (Lipinski definition) is 8. The standard InChI is InChI=1S/C28H39N7O3/c1-18(22(14-30)19-12-23(37-7)25-20(13-29)15-31-35(25)16-19)32-21-8-10-33(11-9-21)24-17-34(28(24,5)6)26(36)38-27(2,3)4/h12,14-16,21,24H,8-11,17,30H2,1-7H3/b22-14+,32-18?. The maximum absolute atomic E-state index is 12.6. The van der Waals surface area contributed by atoms with E-state index in [1.54, 1.807) is 17.8 Å². The number of methoxy groups -OCH3 is 1. The van der Waals surface area contributed by atoms with E-state index >= 15 is 0 Å². The Balaban J connectivity index is 1.42. The van der Waals surface area contributed by atoms with Gasteiger partial charge in [-0.05, 0) is 60.5 Å². The van der Waals surface area contributed by atoms with Gasteiger partial charge in [0.15, 0.2) is 0 Å². The van der Waals surface area contributed by atoms with Gasteiger partial charge in [0.05, 0.1) is 30.9 Å². The summed E-state index contributed by atoms with van der Waals surface area (Å²) in [7, 11) is 1.57. The Morgan fingerprint density at radius 1 is 1.32 bits per heavy atom. The van der Waals surface area contributed by atoms with Gasteiger partial charge in [0, 0.05) is 48.9 Å². The molecule has 0 aromatic carbocycles. The molecule has 10 nitrogen and oxygen atoms in total. The second kappa shape index (κ2) is 10.3. The van der Waals surface area contributed by atoms with Crippen LogP contribution in [-0.2, 0) is 4.74 Å². The van der Waals surface area contributed by atoms with E-state index in [1.807, 2.05) is 44.9 Å². The maximum Gasteiger partial charge on any atom is 0.410 e. The molecule has 2 aliphatic rings. The Hall–Kier alpha value is -3.58. The fourth-order valence-electron chi connectivity index (χ4n) is 5.45. The van der Waals surface area contributed by atoms with Gasteiger partial charge >= 0.3 is 6.09 Å². The first-order chi connectivity index (χ1) is 17.9. The number of rotatable bonds is 5. The molecule has 2 aliphatic heterocycles. The largest absolute Gasteiger partial charge is 0.494 e. The zero-order valence-corrected chi connectivity index (χ0v) is 23.5. The average molecular weight is 522 g/mol. The van der Waals surface area contributed by atoms with Crippen LogP contribution in [0.2, 0.25) is 0 Å². The molecule has 4 heterocycles. The molecule has 0 aliphatic carbocycles. The number of nitrogens with zero attached hydrogens (tertiary/aromatic N) is 6. The maximum atomic E-state index is 12.6. The van der Waals surface area contributed by atoms with Crippen LogP contribution in [0.1, 0.15) is 65.5 Å². The number of carbonyl (C=O) groups excluding carboxylic acids is 1. The molecule has 2 saturated heterocycles. The number of aromatic nitrogens is 2. The highest BCUT2D eigenvalue weighted by Crippen LogP contribution is 2.37. The van der Waals surface area contributed by atoms with E-state index in [2.05, 4.69) is 29.9 Å². The molecule has 2 fully saturated rings. The summed E-state index contributed by atoms with van der Waals surface area (Å²) < 4.78 is 12.8. The van der Waals surface area contributed by atoms with Crippen molar-refractivity contribution in [3.8, 4) is 11.8 Å². The summed E-state index contributed by atoms with van der Waals surface area (Å²) in [6.07, 6.45) is 6.55. The van der Waals surface area contributed by atoms with Crippen molar-refractivity contribution < 1.29 is 14.3 Å². The topological polar surface area (TPSA) is 121 Å². The van der Waals surface area contributed by atoms with Crippen LogP contribution in [0.15, 0.2) is 29.7 Å². The second-order valence-electron chi connectivity index (χ2n) is 11.6.